The van der Waals surface area contributed by atoms with Gasteiger partial charge in [-0.3, -0.25) is 0 Å². The summed E-state index contributed by atoms with van der Waals surface area (Å²) in [6.07, 6.45) is 0. The summed E-state index contributed by atoms with van der Waals surface area (Å²) in [5.74, 6) is -0.0704. The van der Waals surface area contributed by atoms with Crippen molar-refractivity contribution in [2.75, 3.05) is 0 Å². The SMILES string of the molecule is C/C(=N\N=C(N)N)c1sc(-c2cc[c-]cc2)nc1-c1ccccc1.[Y]. The maximum absolute atomic E-state index is 5.37. The molecular weight excluding hydrogens is 407 g/mol. The molecule has 0 spiro atoms. The molecule has 3 aromatic rings. The molecule has 0 aliphatic carbocycles. The largest absolute Gasteiger partial charge is 0.369 e. The summed E-state index contributed by atoms with van der Waals surface area (Å²) in [6.45, 7) is 1.87. The van der Waals surface area contributed by atoms with Gasteiger partial charge in [0, 0.05) is 38.3 Å². The van der Waals surface area contributed by atoms with Crippen LogP contribution in [-0.4, -0.2) is 16.7 Å². The third-order valence-corrected chi connectivity index (χ3v) is 4.50. The van der Waals surface area contributed by atoms with Gasteiger partial charge in [-0.25, -0.2) is 4.98 Å². The predicted octanol–water partition coefficient (Wildman–Crippen LogP) is 3.27. The Hall–Kier alpha value is -1.89. The molecule has 123 valence electrons. The van der Waals surface area contributed by atoms with Crippen LogP contribution >= 0.6 is 11.3 Å². The van der Waals surface area contributed by atoms with Crippen LogP contribution in [0.5, 0.6) is 0 Å². The number of nitrogens with zero attached hydrogens (tertiary/aromatic N) is 3. The van der Waals surface area contributed by atoms with Crippen LogP contribution in [0.1, 0.15) is 11.8 Å². The van der Waals surface area contributed by atoms with Crippen LogP contribution in [-0.2, 0) is 32.7 Å². The number of hydrogen-bond acceptors (Lipinski definition) is 4. The summed E-state index contributed by atoms with van der Waals surface area (Å²) in [4.78, 5) is 5.75. The molecule has 25 heavy (non-hydrogen) atoms. The summed E-state index contributed by atoms with van der Waals surface area (Å²) >= 11 is 1.56. The Balaban J connectivity index is 0.00000225. The van der Waals surface area contributed by atoms with Gasteiger partial charge in [-0.2, -0.15) is 35.4 Å². The van der Waals surface area contributed by atoms with Crippen molar-refractivity contribution in [3.05, 3.63) is 65.5 Å². The Morgan fingerprint density at radius 2 is 1.68 bits per heavy atom. The first-order chi connectivity index (χ1) is 11.6. The molecule has 0 aliphatic heterocycles. The van der Waals surface area contributed by atoms with Crippen molar-refractivity contribution < 1.29 is 32.7 Å². The predicted molar refractivity (Wildman–Crippen MR) is 99.8 cm³/mol. The van der Waals surface area contributed by atoms with Gasteiger partial charge in [-0.05, 0) is 6.92 Å². The second kappa shape index (κ2) is 8.99. The maximum Gasteiger partial charge on any atom is 0.211 e. The van der Waals surface area contributed by atoms with E-state index < -0.39 is 0 Å². The molecule has 0 saturated carbocycles. The minimum Gasteiger partial charge on any atom is -0.369 e. The van der Waals surface area contributed by atoms with E-state index >= 15 is 0 Å². The summed E-state index contributed by atoms with van der Waals surface area (Å²) in [5.41, 5.74) is 14.4. The van der Waals surface area contributed by atoms with E-state index in [2.05, 4.69) is 16.3 Å². The van der Waals surface area contributed by atoms with Crippen molar-refractivity contribution in [3.8, 4) is 21.8 Å². The zero-order valence-electron chi connectivity index (χ0n) is 13.7. The van der Waals surface area contributed by atoms with E-state index in [0.717, 1.165) is 26.7 Å². The number of hydrogen-bond donors (Lipinski definition) is 2. The fourth-order valence-corrected chi connectivity index (χ4v) is 3.22. The monoisotopic (exact) mass is 423 g/mol. The van der Waals surface area contributed by atoms with Gasteiger partial charge in [0.25, 0.3) is 0 Å². The first kappa shape index (κ1) is 19.4. The van der Waals surface area contributed by atoms with Crippen molar-refractivity contribution in [3.63, 3.8) is 0 Å². The number of thiazole rings is 1. The Morgan fingerprint density at radius 3 is 2.32 bits per heavy atom. The van der Waals surface area contributed by atoms with Gasteiger partial charge in [-0.15, -0.1) is 16.4 Å². The third kappa shape index (κ3) is 4.81. The topological polar surface area (TPSA) is 89.6 Å². The van der Waals surface area contributed by atoms with E-state index in [0.29, 0.717) is 5.71 Å². The molecule has 1 radical (unpaired) electrons. The van der Waals surface area contributed by atoms with E-state index in [1.165, 1.54) is 0 Å². The average molecular weight is 423 g/mol. The summed E-state index contributed by atoms with van der Waals surface area (Å²) in [5, 5.41) is 8.77. The second-order valence-corrected chi connectivity index (χ2v) is 6.06. The van der Waals surface area contributed by atoms with Gasteiger partial charge < -0.3 is 11.5 Å². The first-order valence-corrected chi connectivity index (χ1v) is 8.13. The van der Waals surface area contributed by atoms with Crippen molar-refractivity contribution in [2.45, 2.75) is 6.92 Å². The van der Waals surface area contributed by atoms with E-state index in [-0.39, 0.29) is 38.7 Å². The smallest absolute Gasteiger partial charge is 0.211 e. The molecule has 0 saturated heterocycles. The molecule has 0 aliphatic rings. The normalized spacial score (nSPS) is 10.8. The number of guanidine groups is 1. The van der Waals surface area contributed by atoms with E-state index in [1.54, 1.807) is 11.3 Å². The van der Waals surface area contributed by atoms with Crippen LogP contribution in [0.2, 0.25) is 0 Å². The molecular formula is C18H16N5SY-. The number of aromatic nitrogens is 1. The Bertz CT molecular complexity index is 884. The number of benzene rings is 2. The van der Waals surface area contributed by atoms with Crippen LogP contribution in [0.3, 0.4) is 0 Å². The van der Waals surface area contributed by atoms with Crippen LogP contribution in [0, 0.1) is 6.07 Å². The fourth-order valence-electron chi connectivity index (χ4n) is 2.19. The molecule has 0 fully saturated rings. The van der Waals surface area contributed by atoms with Crippen LogP contribution < -0.4 is 11.5 Å². The number of rotatable bonds is 4. The van der Waals surface area contributed by atoms with Crippen LogP contribution in [0.15, 0.2) is 64.8 Å². The van der Waals surface area contributed by atoms with Gasteiger partial charge >= 0.3 is 0 Å². The fraction of sp³-hybridized carbons (Fsp3) is 0.0556. The summed E-state index contributed by atoms with van der Waals surface area (Å²) < 4.78 is 0. The minimum atomic E-state index is -0.0704. The Morgan fingerprint density at radius 1 is 1.00 bits per heavy atom. The molecule has 0 atom stereocenters. The van der Waals surface area contributed by atoms with E-state index in [9.17, 15) is 0 Å². The molecule has 0 unspecified atom stereocenters. The molecule has 4 N–H and O–H groups in total. The zero-order chi connectivity index (χ0) is 16.9. The van der Waals surface area contributed by atoms with E-state index in [1.807, 2.05) is 61.5 Å². The van der Waals surface area contributed by atoms with Gasteiger partial charge in [0.15, 0.2) is 0 Å². The van der Waals surface area contributed by atoms with Crippen molar-refractivity contribution in [1.82, 2.24) is 4.98 Å². The van der Waals surface area contributed by atoms with Crippen molar-refractivity contribution in [1.29, 1.82) is 0 Å². The molecule has 1 heterocycles. The van der Waals surface area contributed by atoms with Crippen LogP contribution in [0.25, 0.3) is 21.8 Å². The standard InChI is InChI=1S/C18H16N5S.Y/c1-12(22-23-18(19)20)16-15(13-8-4-2-5-9-13)21-17(24-16)14-10-6-3-7-11-14;/h2,4-11H,1H3,(H4,19,20,23);/q-1;/b22-12+;. The molecule has 0 bridgehead atoms. The maximum atomic E-state index is 5.37. The molecule has 5 nitrogen and oxygen atoms in total. The molecule has 0 amide bonds. The van der Waals surface area contributed by atoms with Crippen molar-refractivity contribution >= 4 is 23.0 Å². The molecule has 2 aromatic carbocycles. The first-order valence-electron chi connectivity index (χ1n) is 7.31. The van der Waals surface area contributed by atoms with Gasteiger partial charge in [0.05, 0.1) is 16.3 Å². The van der Waals surface area contributed by atoms with Crippen molar-refractivity contribution in [2.24, 2.45) is 21.7 Å². The summed E-state index contributed by atoms with van der Waals surface area (Å²) in [7, 11) is 0. The Kier molecular flexibility index (Phi) is 6.99. The summed E-state index contributed by atoms with van der Waals surface area (Å²) in [6, 6.07) is 20.7. The zero-order valence-corrected chi connectivity index (χ0v) is 17.3. The molecule has 7 heteroatoms. The van der Waals surface area contributed by atoms with Gasteiger partial charge in [-0.1, -0.05) is 35.9 Å². The average Bonchev–Trinajstić information content (AvgIpc) is 3.06. The van der Waals surface area contributed by atoms with Gasteiger partial charge in [0.1, 0.15) is 5.01 Å². The van der Waals surface area contributed by atoms with E-state index in [4.69, 9.17) is 16.5 Å². The molecule has 3 rings (SSSR count). The van der Waals surface area contributed by atoms with Crippen LogP contribution in [0.4, 0.5) is 0 Å². The number of nitrogens with two attached hydrogens (primary N) is 2. The Labute approximate surface area is 175 Å². The van der Waals surface area contributed by atoms with Gasteiger partial charge in [0.2, 0.25) is 5.96 Å². The third-order valence-electron chi connectivity index (χ3n) is 3.28. The molecule has 1 aromatic heterocycles. The second-order valence-electron chi connectivity index (χ2n) is 5.06. The quantitative estimate of drug-likeness (QED) is 0.292. The minimum absolute atomic E-state index is 0.